The van der Waals surface area contributed by atoms with E-state index >= 15 is 0 Å². The van der Waals surface area contributed by atoms with Crippen LogP contribution in [-0.4, -0.2) is 71.7 Å². The molecule has 1 aromatic rings. The van der Waals surface area contributed by atoms with E-state index in [1.165, 1.54) is 0 Å². The average Bonchev–Trinajstić information content (AvgIpc) is 3.13. The first-order chi connectivity index (χ1) is 13.3. The molecule has 28 heavy (non-hydrogen) atoms. The predicted molar refractivity (Wildman–Crippen MR) is 101 cm³/mol. The quantitative estimate of drug-likeness (QED) is 0.694. The molecule has 3 N–H and O–H groups in total. The Hall–Kier alpha value is -2.17. The number of hydrogen-bond acceptors (Lipinski definition) is 6. The lowest BCUT2D eigenvalue weighted by Gasteiger charge is -2.34. The second-order valence-electron chi connectivity index (χ2n) is 7.24. The van der Waals surface area contributed by atoms with Crippen molar-refractivity contribution in [1.29, 1.82) is 0 Å². The van der Waals surface area contributed by atoms with E-state index < -0.39 is 27.5 Å². The molecule has 2 atom stereocenters. The second kappa shape index (κ2) is 8.46. The number of amides is 2. The Kier molecular flexibility index (Phi) is 6.21. The summed E-state index contributed by atoms with van der Waals surface area (Å²) in [6, 6.07) is 8.08. The fourth-order valence-electron chi connectivity index (χ4n) is 3.58. The van der Waals surface area contributed by atoms with Gasteiger partial charge in [-0.2, -0.15) is 8.42 Å². The minimum atomic E-state index is -4.38. The number of likely N-dealkylation sites (tertiary alicyclic amines) is 2. The molecule has 9 nitrogen and oxygen atoms in total. The first kappa shape index (κ1) is 20.6. The van der Waals surface area contributed by atoms with Gasteiger partial charge in [0.1, 0.15) is 17.9 Å². The molecule has 2 heterocycles. The monoisotopic (exact) mass is 411 g/mol. The molecule has 2 saturated heterocycles. The molecule has 2 amide bonds. The van der Waals surface area contributed by atoms with Crippen molar-refractivity contribution in [1.82, 2.24) is 9.80 Å². The van der Waals surface area contributed by atoms with Gasteiger partial charge in [0, 0.05) is 25.7 Å². The van der Waals surface area contributed by atoms with E-state index in [0.29, 0.717) is 25.9 Å². The van der Waals surface area contributed by atoms with Gasteiger partial charge >= 0.3 is 6.09 Å². The van der Waals surface area contributed by atoms with E-state index in [1.54, 1.807) is 29.2 Å². The summed E-state index contributed by atoms with van der Waals surface area (Å²) in [5.74, 6) is -0.338. The summed E-state index contributed by atoms with van der Waals surface area (Å²) in [7, 11) is -4.38. The predicted octanol–water partition coefficient (Wildman–Crippen LogP) is 0.604. The van der Waals surface area contributed by atoms with Crippen molar-refractivity contribution in [2.24, 2.45) is 5.73 Å². The lowest BCUT2D eigenvalue weighted by Crippen LogP contribution is -2.51. The van der Waals surface area contributed by atoms with Gasteiger partial charge in [-0.15, -0.1) is 0 Å². The Morgan fingerprint density at radius 1 is 1.18 bits per heavy atom. The minimum absolute atomic E-state index is 0.00614. The topological polar surface area (TPSA) is 130 Å². The maximum atomic E-state index is 12.9. The van der Waals surface area contributed by atoms with E-state index in [2.05, 4.69) is 0 Å². The van der Waals surface area contributed by atoms with Gasteiger partial charge in [0.2, 0.25) is 5.91 Å². The summed E-state index contributed by atoms with van der Waals surface area (Å²) in [6.45, 7) is 0.641. The highest BCUT2D eigenvalue weighted by molar-refractivity contribution is 7.86. The number of carbonyl (C=O) groups is 2. The highest BCUT2D eigenvalue weighted by atomic mass is 32.2. The molecule has 2 fully saturated rings. The first-order valence-corrected chi connectivity index (χ1v) is 10.7. The highest BCUT2D eigenvalue weighted by Gasteiger charge is 2.46. The van der Waals surface area contributed by atoms with Crippen LogP contribution in [0.15, 0.2) is 30.3 Å². The van der Waals surface area contributed by atoms with Gasteiger partial charge in [-0.3, -0.25) is 14.2 Å². The van der Waals surface area contributed by atoms with E-state index in [1.807, 2.05) is 6.07 Å². The van der Waals surface area contributed by atoms with Crippen molar-refractivity contribution in [3.8, 4) is 0 Å². The summed E-state index contributed by atoms with van der Waals surface area (Å²) < 4.78 is 37.9. The lowest BCUT2D eigenvalue weighted by molar-refractivity contribution is -0.136. The molecule has 0 saturated carbocycles. The minimum Gasteiger partial charge on any atom is -0.445 e. The van der Waals surface area contributed by atoms with Crippen LogP contribution in [0.4, 0.5) is 4.79 Å². The number of nitrogens with two attached hydrogens (primary N) is 1. The Bertz CT molecular complexity index is 808. The molecule has 0 aliphatic carbocycles. The number of benzene rings is 1. The van der Waals surface area contributed by atoms with Crippen LogP contribution in [0, 0.1) is 0 Å². The molecule has 10 heteroatoms. The lowest BCUT2D eigenvalue weighted by atomic mass is 10.0. The van der Waals surface area contributed by atoms with Gasteiger partial charge in [0.05, 0.1) is 0 Å². The molecule has 0 spiro atoms. The van der Waals surface area contributed by atoms with Crippen molar-refractivity contribution >= 4 is 22.1 Å². The van der Waals surface area contributed by atoms with Gasteiger partial charge in [-0.25, -0.2) is 4.79 Å². The van der Waals surface area contributed by atoms with Crippen LogP contribution in [0.2, 0.25) is 0 Å². The molecule has 2 aliphatic heterocycles. The zero-order valence-electron chi connectivity index (χ0n) is 15.4. The standard InChI is InChI=1S/C18H25N3O6S/c19-14-6-8-20(9-7-14)17(22)16-10-15(28(24,25)26)11-21(16)18(23)27-12-13-4-2-1-3-5-13/h1-5,14-16H,6-12,19H2,(H,24,25,26)/t15-,16+/m1/s1. The third-order valence-electron chi connectivity index (χ3n) is 5.26. The fraction of sp³-hybridized carbons (Fsp3) is 0.556. The van der Waals surface area contributed by atoms with Gasteiger partial charge in [-0.05, 0) is 24.8 Å². The Labute approximate surface area is 164 Å². The van der Waals surface area contributed by atoms with Crippen LogP contribution in [-0.2, 0) is 26.3 Å². The zero-order chi connectivity index (χ0) is 20.3. The van der Waals surface area contributed by atoms with Crippen LogP contribution in [0.3, 0.4) is 0 Å². The van der Waals surface area contributed by atoms with Crippen molar-refractivity contribution in [3.05, 3.63) is 35.9 Å². The van der Waals surface area contributed by atoms with Crippen LogP contribution < -0.4 is 5.73 Å². The molecule has 0 aromatic heterocycles. The Balaban J connectivity index is 1.71. The molecule has 3 rings (SSSR count). The molecule has 0 bridgehead atoms. The molecular formula is C18H25N3O6S. The molecular weight excluding hydrogens is 386 g/mol. The molecule has 0 radical (unpaired) electrons. The van der Waals surface area contributed by atoms with Crippen LogP contribution in [0.25, 0.3) is 0 Å². The summed E-state index contributed by atoms with van der Waals surface area (Å²) in [5.41, 5.74) is 6.64. The van der Waals surface area contributed by atoms with Crippen molar-refractivity contribution < 1.29 is 27.3 Å². The van der Waals surface area contributed by atoms with Crippen molar-refractivity contribution in [3.63, 3.8) is 0 Å². The summed E-state index contributed by atoms with van der Waals surface area (Å²) in [6.07, 6.45) is 0.375. The molecule has 1 aromatic carbocycles. The summed E-state index contributed by atoms with van der Waals surface area (Å²) in [4.78, 5) is 28.2. The smallest absolute Gasteiger partial charge is 0.410 e. The maximum absolute atomic E-state index is 12.9. The van der Waals surface area contributed by atoms with Crippen LogP contribution >= 0.6 is 0 Å². The highest BCUT2D eigenvalue weighted by Crippen LogP contribution is 2.26. The fourth-order valence-corrected chi connectivity index (χ4v) is 4.36. The third-order valence-corrected chi connectivity index (χ3v) is 6.44. The third kappa shape index (κ3) is 4.81. The van der Waals surface area contributed by atoms with Crippen molar-refractivity contribution in [2.45, 2.75) is 43.2 Å². The van der Waals surface area contributed by atoms with Crippen LogP contribution in [0.5, 0.6) is 0 Å². The number of nitrogens with zero attached hydrogens (tertiary/aromatic N) is 2. The Morgan fingerprint density at radius 2 is 1.82 bits per heavy atom. The molecule has 2 aliphatic rings. The number of rotatable bonds is 4. The number of piperidine rings is 1. The summed E-state index contributed by atoms with van der Waals surface area (Å²) >= 11 is 0. The van der Waals surface area contributed by atoms with E-state index in [-0.39, 0.29) is 31.5 Å². The normalized spacial score (nSPS) is 23.6. The number of hydrogen-bond donors (Lipinski definition) is 2. The van der Waals surface area contributed by atoms with E-state index in [9.17, 15) is 22.6 Å². The Morgan fingerprint density at radius 3 is 2.43 bits per heavy atom. The zero-order valence-corrected chi connectivity index (χ0v) is 16.3. The number of ether oxygens (including phenoxy) is 1. The summed E-state index contributed by atoms with van der Waals surface area (Å²) in [5, 5.41) is -1.21. The molecule has 154 valence electrons. The van der Waals surface area contributed by atoms with E-state index in [0.717, 1.165) is 10.5 Å². The number of carbonyl (C=O) groups excluding carboxylic acids is 2. The van der Waals surface area contributed by atoms with Crippen molar-refractivity contribution in [2.75, 3.05) is 19.6 Å². The van der Waals surface area contributed by atoms with Crippen LogP contribution in [0.1, 0.15) is 24.8 Å². The molecule has 0 unspecified atom stereocenters. The maximum Gasteiger partial charge on any atom is 0.410 e. The average molecular weight is 411 g/mol. The largest absolute Gasteiger partial charge is 0.445 e. The van der Waals surface area contributed by atoms with E-state index in [4.69, 9.17) is 10.5 Å². The van der Waals surface area contributed by atoms with Gasteiger partial charge < -0.3 is 15.4 Å². The second-order valence-corrected chi connectivity index (χ2v) is 8.94. The first-order valence-electron chi connectivity index (χ1n) is 9.23. The van der Waals surface area contributed by atoms with Gasteiger partial charge in [-0.1, -0.05) is 30.3 Å². The SMILES string of the molecule is NC1CCN(C(=O)[C@@H]2C[C@@H](S(=O)(=O)O)CN2C(=O)OCc2ccccc2)CC1. The van der Waals surface area contributed by atoms with Gasteiger partial charge in [0.15, 0.2) is 0 Å². The van der Waals surface area contributed by atoms with Gasteiger partial charge in [0.25, 0.3) is 10.1 Å².